The van der Waals surface area contributed by atoms with Crippen molar-refractivity contribution in [2.45, 2.75) is 408 Å². The maximum atomic E-state index is 13.4. The molecular weight excluding hydrogens is 1280 g/mol. The number of aliphatic hydroxyl groups is 8. The van der Waals surface area contributed by atoms with Gasteiger partial charge in [-0.1, -0.05) is 354 Å². The minimum atomic E-state index is -1.80. The number of amides is 1. The normalized spacial score (nSPS) is 22.3. The highest BCUT2D eigenvalue weighted by molar-refractivity contribution is 5.76. The van der Waals surface area contributed by atoms with Gasteiger partial charge in [-0.05, 0) is 96.3 Å². The Morgan fingerprint density at radius 1 is 0.363 bits per heavy atom. The molecule has 9 N–H and O–H groups in total. The first kappa shape index (κ1) is 94.5. The lowest BCUT2D eigenvalue weighted by Gasteiger charge is -2.46. The Labute approximate surface area is 622 Å². The zero-order valence-corrected chi connectivity index (χ0v) is 64.6. The van der Waals surface area contributed by atoms with Crippen LogP contribution in [0.4, 0.5) is 0 Å². The fraction of sp³-hybridized carbons (Fsp3) is 0.761. The van der Waals surface area contributed by atoms with E-state index in [4.69, 9.17) is 18.9 Å². The largest absolute Gasteiger partial charge is 0.394 e. The van der Waals surface area contributed by atoms with Crippen LogP contribution in [0.25, 0.3) is 0 Å². The topological polar surface area (TPSA) is 228 Å². The van der Waals surface area contributed by atoms with E-state index in [1.165, 1.54) is 212 Å². The van der Waals surface area contributed by atoms with Crippen molar-refractivity contribution in [3.8, 4) is 0 Å². The predicted octanol–water partition coefficient (Wildman–Crippen LogP) is 19.6. The van der Waals surface area contributed by atoms with Gasteiger partial charge in [0.1, 0.15) is 48.8 Å². The number of ether oxygens (including phenoxy) is 4. The first-order valence-corrected chi connectivity index (χ1v) is 41.8. The van der Waals surface area contributed by atoms with Gasteiger partial charge in [0.2, 0.25) is 5.91 Å². The second-order valence-corrected chi connectivity index (χ2v) is 28.9. The van der Waals surface area contributed by atoms with Crippen molar-refractivity contribution < 1.29 is 64.6 Å². The summed E-state index contributed by atoms with van der Waals surface area (Å²) in [6.45, 7) is 2.70. The van der Waals surface area contributed by atoms with Gasteiger partial charge in [0.15, 0.2) is 12.6 Å². The van der Waals surface area contributed by atoms with Crippen LogP contribution in [0, 0.1) is 0 Å². The monoisotopic (exact) mass is 1430 g/mol. The van der Waals surface area contributed by atoms with Gasteiger partial charge in [-0.3, -0.25) is 4.79 Å². The van der Waals surface area contributed by atoms with Crippen molar-refractivity contribution in [3.63, 3.8) is 0 Å². The number of aliphatic hydroxyl groups excluding tert-OH is 8. The van der Waals surface area contributed by atoms with Crippen molar-refractivity contribution in [2.24, 2.45) is 0 Å². The second kappa shape index (κ2) is 70.4. The molecule has 2 rings (SSSR count). The van der Waals surface area contributed by atoms with E-state index in [0.29, 0.717) is 12.8 Å². The molecular formula is C88H153NO13. The Morgan fingerprint density at radius 2 is 0.686 bits per heavy atom. The summed E-state index contributed by atoms with van der Waals surface area (Å²) in [4.78, 5) is 13.4. The molecule has 12 atom stereocenters. The van der Waals surface area contributed by atoms with E-state index in [9.17, 15) is 45.6 Å². The first-order valence-electron chi connectivity index (χ1n) is 41.8. The van der Waals surface area contributed by atoms with Crippen LogP contribution in [0.2, 0.25) is 0 Å². The quantitative estimate of drug-likeness (QED) is 0.0204. The maximum absolute atomic E-state index is 13.4. The fourth-order valence-electron chi connectivity index (χ4n) is 13.1. The van der Waals surface area contributed by atoms with Crippen LogP contribution < -0.4 is 5.32 Å². The first-order chi connectivity index (χ1) is 50.1. The summed E-state index contributed by atoms with van der Waals surface area (Å²) < 4.78 is 22.9. The molecule has 12 unspecified atom stereocenters. The van der Waals surface area contributed by atoms with Gasteiger partial charge in [0.25, 0.3) is 0 Å². The Morgan fingerprint density at radius 3 is 1.08 bits per heavy atom. The van der Waals surface area contributed by atoms with E-state index in [2.05, 4.69) is 129 Å². The molecule has 0 aromatic rings. The minimum Gasteiger partial charge on any atom is -0.394 e. The van der Waals surface area contributed by atoms with Gasteiger partial charge in [-0.15, -0.1) is 0 Å². The zero-order valence-electron chi connectivity index (χ0n) is 64.6. The van der Waals surface area contributed by atoms with Crippen molar-refractivity contribution in [1.82, 2.24) is 5.32 Å². The Hall–Kier alpha value is -3.61. The molecule has 14 nitrogen and oxygen atoms in total. The molecule has 588 valence electrons. The minimum absolute atomic E-state index is 0.252. The molecule has 0 aromatic heterocycles. The van der Waals surface area contributed by atoms with Gasteiger partial charge in [0.05, 0.1) is 32.0 Å². The molecule has 102 heavy (non-hydrogen) atoms. The third-order valence-corrected chi connectivity index (χ3v) is 19.6. The Bertz CT molecular complexity index is 2180. The van der Waals surface area contributed by atoms with Crippen LogP contribution in [0.1, 0.15) is 335 Å². The van der Waals surface area contributed by atoms with E-state index < -0.39 is 86.8 Å². The van der Waals surface area contributed by atoms with E-state index in [1.807, 2.05) is 6.08 Å². The number of nitrogens with one attached hydrogen (secondary N) is 1. The van der Waals surface area contributed by atoms with Gasteiger partial charge in [0, 0.05) is 6.42 Å². The van der Waals surface area contributed by atoms with Crippen molar-refractivity contribution in [2.75, 3.05) is 19.8 Å². The molecule has 0 aromatic carbocycles. The summed E-state index contributed by atoms with van der Waals surface area (Å²) in [6.07, 6.45) is 87.1. The smallest absolute Gasteiger partial charge is 0.220 e. The lowest BCUT2D eigenvalue weighted by atomic mass is 9.97. The molecule has 1 amide bonds. The van der Waals surface area contributed by atoms with Gasteiger partial charge < -0.3 is 65.1 Å². The number of hydrogen-bond donors (Lipinski definition) is 9. The van der Waals surface area contributed by atoms with Crippen molar-refractivity contribution >= 4 is 5.91 Å². The summed E-state index contributed by atoms with van der Waals surface area (Å²) in [5, 5.41) is 87.7. The Balaban J connectivity index is 1.63. The van der Waals surface area contributed by atoms with E-state index in [1.54, 1.807) is 6.08 Å². The highest BCUT2D eigenvalue weighted by atomic mass is 16.7. The van der Waals surface area contributed by atoms with Crippen LogP contribution in [0.5, 0.6) is 0 Å². The second-order valence-electron chi connectivity index (χ2n) is 28.9. The van der Waals surface area contributed by atoms with Crippen molar-refractivity contribution in [3.05, 3.63) is 122 Å². The molecule has 14 heteroatoms. The third kappa shape index (κ3) is 52.4. The average molecular weight is 1430 g/mol. The molecule has 2 fully saturated rings. The van der Waals surface area contributed by atoms with Crippen LogP contribution in [-0.2, 0) is 23.7 Å². The highest BCUT2D eigenvalue weighted by Gasteiger charge is 2.51. The summed E-state index contributed by atoms with van der Waals surface area (Å²) in [6, 6.07) is -0.943. The molecule has 0 saturated carbocycles. The van der Waals surface area contributed by atoms with Gasteiger partial charge in [-0.25, -0.2) is 0 Å². The van der Waals surface area contributed by atoms with E-state index in [0.717, 1.165) is 89.9 Å². The summed E-state index contributed by atoms with van der Waals surface area (Å²) >= 11 is 0. The third-order valence-electron chi connectivity index (χ3n) is 19.6. The maximum Gasteiger partial charge on any atom is 0.220 e. The molecule has 2 aliphatic heterocycles. The lowest BCUT2D eigenvalue weighted by molar-refractivity contribution is -0.359. The molecule has 2 heterocycles. The summed E-state index contributed by atoms with van der Waals surface area (Å²) in [5.74, 6) is -0.252. The summed E-state index contributed by atoms with van der Waals surface area (Å²) in [7, 11) is 0. The number of carbonyl (C=O) groups excluding carboxylic acids is 1. The fourth-order valence-corrected chi connectivity index (χ4v) is 13.1. The number of hydrogen-bond acceptors (Lipinski definition) is 13. The summed E-state index contributed by atoms with van der Waals surface area (Å²) in [5.41, 5.74) is 0. The van der Waals surface area contributed by atoms with Crippen LogP contribution in [0.3, 0.4) is 0 Å². The molecule has 0 spiro atoms. The highest BCUT2D eigenvalue weighted by Crippen LogP contribution is 2.30. The van der Waals surface area contributed by atoms with Crippen LogP contribution in [-0.4, -0.2) is 140 Å². The van der Waals surface area contributed by atoms with Gasteiger partial charge in [-0.2, -0.15) is 0 Å². The predicted molar refractivity (Wildman–Crippen MR) is 424 cm³/mol. The molecule has 2 saturated heterocycles. The van der Waals surface area contributed by atoms with E-state index in [-0.39, 0.29) is 18.9 Å². The van der Waals surface area contributed by atoms with Crippen LogP contribution in [0.15, 0.2) is 122 Å². The molecule has 0 bridgehead atoms. The number of rotatable bonds is 69. The number of unbranched alkanes of at least 4 members (excludes halogenated alkanes) is 38. The standard InChI is InChI=1S/C88H153NO13/c1-3-5-7-9-11-13-15-17-19-21-23-25-27-29-31-33-35-36-37-38-39-40-42-44-46-48-50-52-54-56-58-60-62-64-66-68-70-72-80(93)89-76(75-99-87-85(98)83(96)86(79(74-91)101-87)102-88-84(97)82(95)81(94)78(73-90)100-88)77(92)71-69-67-65-63-61-59-57-55-53-51-49-47-45-43-41-34-32-30-28-26-24-22-20-18-16-14-12-10-8-6-4-2/h5,7,11,13,17,19,23,25,29,31,35-36,38-39,42,44,61,63,69,71,76-79,81-88,90-92,94-98H,3-4,6,8-10,12,14-16,18,20-22,24,26-28,30,32-34,37,40-41,43,45-60,62,64-68,70,72-75H2,1-2H3,(H,89,93)/b7-5-,13-11-,19-17-,25-23-,31-29-,36-35-,39-38-,44-42-,63-61+,71-69+. The van der Waals surface area contributed by atoms with Gasteiger partial charge >= 0.3 is 0 Å². The average Bonchev–Trinajstić information content (AvgIpc) is 0.790. The van der Waals surface area contributed by atoms with Crippen LogP contribution >= 0.6 is 0 Å². The Kier molecular flexibility index (Phi) is 65.2. The molecule has 0 aliphatic carbocycles. The molecule has 2 aliphatic rings. The zero-order chi connectivity index (χ0) is 73.7. The number of carbonyl (C=O) groups is 1. The molecule has 0 radical (unpaired) electrons. The number of allylic oxidation sites excluding steroid dienone is 19. The van der Waals surface area contributed by atoms with Crippen molar-refractivity contribution in [1.29, 1.82) is 0 Å². The lowest BCUT2D eigenvalue weighted by Crippen LogP contribution is -2.65. The van der Waals surface area contributed by atoms with E-state index >= 15 is 0 Å². The SMILES string of the molecule is CC/C=C\C/C=C\C/C=C\C/C=C\C/C=C\C/C=C\C/C=C\C/C=C\CCCCCCCCCCCCCCC(=O)NC(COC1OC(CO)C(OC2OC(CO)C(O)C(O)C2O)C(O)C1O)C(O)/C=C/CC/C=C/CCCCCCCCCCCCCCCCCCCCCCCCCCC.